The predicted molar refractivity (Wildman–Crippen MR) is 72.4 cm³/mol. The normalized spacial score (nSPS) is 12.3. The zero-order valence-corrected chi connectivity index (χ0v) is 11.0. The topological polar surface area (TPSA) is 69.4 Å². The van der Waals surface area contributed by atoms with Crippen molar-refractivity contribution in [3.8, 4) is 0 Å². The molecule has 0 aromatic heterocycles. The Morgan fingerprint density at radius 1 is 1.47 bits per heavy atom. The van der Waals surface area contributed by atoms with Crippen LogP contribution in [0.25, 0.3) is 6.08 Å². The molecule has 0 aliphatic rings. The molecule has 5 heteroatoms. The molecule has 0 aliphatic carbocycles. The number of rotatable bonds is 6. The molecular weight excluding hydrogens is 246 g/mol. The Kier molecular flexibility index (Phi) is 5.73. The first-order valence-corrected chi connectivity index (χ1v) is 5.98. The molecule has 0 N–H and O–H groups in total. The van der Waals surface area contributed by atoms with Gasteiger partial charge in [-0.15, -0.1) is 0 Å². The van der Waals surface area contributed by atoms with E-state index in [-0.39, 0.29) is 13.0 Å². The molecule has 0 saturated carbocycles. The Labute approximate surface area is 112 Å². The lowest BCUT2D eigenvalue weighted by molar-refractivity contribution is -0.483. The number of carbonyl (C=O) groups excluding carboxylic acids is 1. The smallest absolute Gasteiger partial charge is 0.306 e. The van der Waals surface area contributed by atoms with Crippen molar-refractivity contribution in [3.63, 3.8) is 0 Å². The van der Waals surface area contributed by atoms with Crippen LogP contribution in [0.1, 0.15) is 30.4 Å². The standard InChI is InChI=1S/C14H17NO4/c1-3-6-11-7-4-5-8-13(11)12(10-15(17)18)9-14(16)19-2/h3-8,12H,9-10H2,1-2H3. The first-order chi connectivity index (χ1) is 9.08. The third kappa shape index (κ3) is 4.54. The molecule has 1 aromatic carbocycles. The number of ether oxygens (including phenoxy) is 1. The molecule has 102 valence electrons. The maximum atomic E-state index is 11.4. The summed E-state index contributed by atoms with van der Waals surface area (Å²) < 4.78 is 4.60. The van der Waals surface area contributed by atoms with Crippen LogP contribution in [0.15, 0.2) is 30.3 Å². The number of allylic oxidation sites excluding steroid dienone is 1. The highest BCUT2D eigenvalue weighted by Gasteiger charge is 2.23. The Balaban J connectivity index is 3.08. The quantitative estimate of drug-likeness (QED) is 0.449. The number of methoxy groups -OCH3 is 1. The maximum Gasteiger partial charge on any atom is 0.306 e. The van der Waals surface area contributed by atoms with Crippen molar-refractivity contribution in [2.45, 2.75) is 19.3 Å². The van der Waals surface area contributed by atoms with Crippen LogP contribution in [0.5, 0.6) is 0 Å². The fraction of sp³-hybridized carbons (Fsp3) is 0.357. The van der Waals surface area contributed by atoms with Gasteiger partial charge in [0.25, 0.3) is 0 Å². The van der Waals surface area contributed by atoms with Crippen molar-refractivity contribution in [1.29, 1.82) is 0 Å². The largest absolute Gasteiger partial charge is 0.469 e. The molecule has 1 aromatic rings. The van der Waals surface area contributed by atoms with E-state index in [1.165, 1.54) is 7.11 Å². The Morgan fingerprint density at radius 3 is 2.74 bits per heavy atom. The second-order valence-corrected chi connectivity index (χ2v) is 4.12. The first-order valence-electron chi connectivity index (χ1n) is 5.98. The monoisotopic (exact) mass is 263 g/mol. The van der Waals surface area contributed by atoms with E-state index >= 15 is 0 Å². The summed E-state index contributed by atoms with van der Waals surface area (Å²) in [5.74, 6) is -0.919. The fourth-order valence-electron chi connectivity index (χ4n) is 1.95. The van der Waals surface area contributed by atoms with Gasteiger partial charge in [0, 0.05) is 4.92 Å². The van der Waals surface area contributed by atoms with Crippen LogP contribution < -0.4 is 0 Å². The van der Waals surface area contributed by atoms with Crippen LogP contribution in [0.3, 0.4) is 0 Å². The summed E-state index contributed by atoms with van der Waals surface area (Å²) in [6, 6.07) is 7.36. The molecule has 0 saturated heterocycles. The van der Waals surface area contributed by atoms with Crippen molar-refractivity contribution in [3.05, 3.63) is 51.6 Å². The lowest BCUT2D eigenvalue weighted by atomic mass is 9.91. The Morgan fingerprint density at radius 2 is 2.16 bits per heavy atom. The molecule has 0 radical (unpaired) electrons. The summed E-state index contributed by atoms with van der Waals surface area (Å²) in [5.41, 5.74) is 1.68. The second kappa shape index (κ2) is 7.31. The summed E-state index contributed by atoms with van der Waals surface area (Å²) in [6.45, 7) is 1.59. The molecule has 0 heterocycles. The van der Waals surface area contributed by atoms with Crippen LogP contribution in [0.4, 0.5) is 0 Å². The number of hydrogen-bond acceptors (Lipinski definition) is 4. The lowest BCUT2D eigenvalue weighted by Gasteiger charge is -2.14. The summed E-state index contributed by atoms with van der Waals surface area (Å²) in [4.78, 5) is 21.7. The van der Waals surface area contributed by atoms with Gasteiger partial charge in [-0.05, 0) is 18.1 Å². The lowest BCUT2D eigenvalue weighted by Crippen LogP contribution is -2.18. The molecule has 0 amide bonds. The van der Waals surface area contributed by atoms with Gasteiger partial charge in [-0.2, -0.15) is 0 Å². The predicted octanol–water partition coefficient (Wildman–Crippen LogP) is 2.64. The average Bonchev–Trinajstić information content (AvgIpc) is 2.38. The first kappa shape index (κ1) is 14.9. The summed E-state index contributed by atoms with van der Waals surface area (Å²) in [6.07, 6.45) is 3.74. The summed E-state index contributed by atoms with van der Waals surface area (Å²) >= 11 is 0. The van der Waals surface area contributed by atoms with Crippen molar-refractivity contribution < 1.29 is 14.5 Å². The van der Waals surface area contributed by atoms with E-state index in [1.807, 2.05) is 43.3 Å². The average molecular weight is 263 g/mol. The van der Waals surface area contributed by atoms with Crippen LogP contribution >= 0.6 is 0 Å². The van der Waals surface area contributed by atoms with Crippen molar-refractivity contribution in [2.75, 3.05) is 13.7 Å². The molecule has 19 heavy (non-hydrogen) atoms. The minimum absolute atomic E-state index is 0.00600. The highest BCUT2D eigenvalue weighted by molar-refractivity contribution is 5.71. The third-order valence-corrected chi connectivity index (χ3v) is 2.79. The van der Waals surface area contributed by atoms with Gasteiger partial charge >= 0.3 is 5.97 Å². The minimum atomic E-state index is -0.477. The molecule has 0 spiro atoms. The van der Waals surface area contributed by atoms with Crippen LogP contribution in [0.2, 0.25) is 0 Å². The molecule has 1 rings (SSSR count). The van der Waals surface area contributed by atoms with Gasteiger partial charge in [0.15, 0.2) is 0 Å². The van der Waals surface area contributed by atoms with Crippen molar-refractivity contribution in [2.24, 2.45) is 0 Å². The second-order valence-electron chi connectivity index (χ2n) is 4.12. The number of hydrogen-bond donors (Lipinski definition) is 0. The fourth-order valence-corrected chi connectivity index (χ4v) is 1.95. The minimum Gasteiger partial charge on any atom is -0.469 e. The van der Waals surface area contributed by atoms with E-state index in [4.69, 9.17) is 0 Å². The van der Waals surface area contributed by atoms with E-state index in [0.29, 0.717) is 0 Å². The summed E-state index contributed by atoms with van der Waals surface area (Å²) in [7, 11) is 1.28. The van der Waals surface area contributed by atoms with E-state index < -0.39 is 16.8 Å². The summed E-state index contributed by atoms with van der Waals surface area (Å²) in [5, 5.41) is 10.8. The number of nitro groups is 1. The van der Waals surface area contributed by atoms with Crippen molar-refractivity contribution in [1.82, 2.24) is 0 Å². The molecule has 0 aliphatic heterocycles. The SMILES string of the molecule is CC=Cc1ccccc1C(CC(=O)OC)C[N+](=O)[O-]. The van der Waals surface area contributed by atoms with E-state index in [9.17, 15) is 14.9 Å². The molecule has 1 unspecified atom stereocenters. The highest BCUT2D eigenvalue weighted by atomic mass is 16.6. The van der Waals surface area contributed by atoms with Gasteiger partial charge in [-0.25, -0.2) is 0 Å². The molecule has 1 atom stereocenters. The number of nitrogens with zero attached hydrogens (tertiary/aromatic N) is 1. The Bertz CT molecular complexity index is 482. The molecule has 5 nitrogen and oxygen atoms in total. The van der Waals surface area contributed by atoms with Crippen LogP contribution in [-0.4, -0.2) is 24.5 Å². The van der Waals surface area contributed by atoms with Gasteiger partial charge < -0.3 is 4.74 Å². The Hall–Kier alpha value is -2.17. The zero-order valence-electron chi connectivity index (χ0n) is 11.0. The molecular formula is C14H17NO4. The number of carbonyl (C=O) groups is 1. The van der Waals surface area contributed by atoms with Gasteiger partial charge in [0.1, 0.15) is 0 Å². The molecule has 0 fully saturated rings. The molecule has 0 bridgehead atoms. The zero-order chi connectivity index (χ0) is 14.3. The van der Waals surface area contributed by atoms with Crippen LogP contribution in [-0.2, 0) is 9.53 Å². The third-order valence-electron chi connectivity index (χ3n) is 2.79. The maximum absolute atomic E-state index is 11.4. The van der Waals surface area contributed by atoms with E-state index in [0.717, 1.165) is 11.1 Å². The van der Waals surface area contributed by atoms with Gasteiger partial charge in [-0.1, -0.05) is 36.4 Å². The van der Waals surface area contributed by atoms with Crippen molar-refractivity contribution >= 4 is 12.0 Å². The van der Waals surface area contributed by atoms with Crippen LogP contribution in [0, 0.1) is 10.1 Å². The highest BCUT2D eigenvalue weighted by Crippen LogP contribution is 2.25. The van der Waals surface area contributed by atoms with Gasteiger partial charge in [-0.3, -0.25) is 14.9 Å². The number of benzene rings is 1. The van der Waals surface area contributed by atoms with Gasteiger partial charge in [0.2, 0.25) is 6.54 Å². The van der Waals surface area contributed by atoms with Gasteiger partial charge in [0.05, 0.1) is 19.4 Å². The number of esters is 1. The van der Waals surface area contributed by atoms with E-state index in [2.05, 4.69) is 4.74 Å². The van der Waals surface area contributed by atoms with E-state index in [1.54, 1.807) is 0 Å².